The van der Waals surface area contributed by atoms with Gasteiger partial charge in [0.15, 0.2) is 9.84 Å². The second-order valence-corrected chi connectivity index (χ2v) is 9.19. The molecule has 0 radical (unpaired) electrons. The summed E-state index contributed by atoms with van der Waals surface area (Å²) in [6, 6.07) is 17.3. The van der Waals surface area contributed by atoms with Crippen LogP contribution in [-0.4, -0.2) is 51.2 Å². The highest BCUT2D eigenvalue weighted by Gasteiger charge is 2.18. The summed E-state index contributed by atoms with van der Waals surface area (Å²) in [4.78, 5) is 15.0. The number of amides is 1. The molecule has 0 aliphatic heterocycles. The fourth-order valence-electron chi connectivity index (χ4n) is 3.37. The molecule has 0 aliphatic rings. The van der Waals surface area contributed by atoms with Crippen molar-refractivity contribution < 1.29 is 13.2 Å². The van der Waals surface area contributed by atoms with Crippen molar-refractivity contribution in [2.75, 3.05) is 25.9 Å². The van der Waals surface area contributed by atoms with E-state index in [4.69, 9.17) is 0 Å². The fraction of sp³-hybridized carbons (Fsp3) is 0.409. The first-order valence-electron chi connectivity index (χ1n) is 9.65. The number of likely N-dealkylation sites (N-methyl/N-ethyl adjacent to an activating group) is 1. The van der Waals surface area contributed by atoms with E-state index in [1.54, 1.807) is 24.3 Å². The van der Waals surface area contributed by atoms with E-state index >= 15 is 0 Å². The van der Waals surface area contributed by atoms with Gasteiger partial charge >= 0.3 is 0 Å². The largest absolute Gasteiger partial charge is 0.350 e. The molecule has 0 aliphatic carbocycles. The van der Waals surface area contributed by atoms with Gasteiger partial charge in [0.25, 0.3) is 5.91 Å². The average Bonchev–Trinajstić information content (AvgIpc) is 2.66. The van der Waals surface area contributed by atoms with Gasteiger partial charge in [0.2, 0.25) is 0 Å². The molecule has 0 bridgehead atoms. The van der Waals surface area contributed by atoms with Crippen molar-refractivity contribution in [1.82, 2.24) is 10.2 Å². The van der Waals surface area contributed by atoms with E-state index in [-0.39, 0.29) is 17.7 Å². The number of benzene rings is 2. The summed E-state index contributed by atoms with van der Waals surface area (Å²) in [5, 5.41) is 3.03. The first-order valence-corrected chi connectivity index (χ1v) is 11.7. The van der Waals surface area contributed by atoms with Gasteiger partial charge in [-0.2, -0.15) is 0 Å². The van der Waals surface area contributed by atoms with E-state index in [1.165, 1.54) is 11.8 Å². The zero-order valence-electron chi connectivity index (χ0n) is 16.9. The molecule has 1 N–H and O–H groups in total. The number of sulfone groups is 1. The Hall–Kier alpha value is -2.18. The third-order valence-corrected chi connectivity index (χ3v) is 5.62. The van der Waals surface area contributed by atoms with Gasteiger partial charge in [0.05, 0.1) is 5.75 Å². The molecular weight excluding hydrogens is 372 g/mol. The maximum atomic E-state index is 12.6. The van der Waals surface area contributed by atoms with Crippen molar-refractivity contribution in [1.29, 1.82) is 0 Å². The molecule has 0 fully saturated rings. The van der Waals surface area contributed by atoms with Gasteiger partial charge in [-0.15, -0.1) is 0 Å². The molecule has 28 heavy (non-hydrogen) atoms. The van der Waals surface area contributed by atoms with Crippen LogP contribution in [0.1, 0.15) is 35.3 Å². The van der Waals surface area contributed by atoms with Crippen LogP contribution >= 0.6 is 0 Å². The minimum Gasteiger partial charge on any atom is -0.350 e. The quantitative estimate of drug-likeness (QED) is 0.664. The highest BCUT2D eigenvalue weighted by molar-refractivity contribution is 7.89. The van der Waals surface area contributed by atoms with Gasteiger partial charge < -0.3 is 5.32 Å². The van der Waals surface area contributed by atoms with Crippen LogP contribution in [-0.2, 0) is 22.0 Å². The number of carbonyl (C=O) groups is 1. The monoisotopic (exact) mass is 402 g/mol. The lowest BCUT2D eigenvalue weighted by atomic mass is 10.0. The van der Waals surface area contributed by atoms with E-state index < -0.39 is 9.84 Å². The number of carbonyl (C=O) groups excluding carboxylic acids is 1. The van der Waals surface area contributed by atoms with Crippen LogP contribution in [0.3, 0.4) is 0 Å². The van der Waals surface area contributed by atoms with E-state index in [0.717, 1.165) is 19.5 Å². The zero-order valence-corrected chi connectivity index (χ0v) is 17.7. The van der Waals surface area contributed by atoms with Crippen LogP contribution in [0.5, 0.6) is 0 Å². The van der Waals surface area contributed by atoms with Crippen LogP contribution in [0, 0.1) is 0 Å². The number of nitrogens with one attached hydrogen (secondary N) is 1. The summed E-state index contributed by atoms with van der Waals surface area (Å²) in [5.74, 6) is -0.245. The molecular formula is C22H30N2O3S. The van der Waals surface area contributed by atoms with Crippen molar-refractivity contribution in [3.05, 3.63) is 71.3 Å². The molecule has 0 aromatic heterocycles. The van der Waals surface area contributed by atoms with E-state index in [2.05, 4.69) is 36.2 Å². The Kier molecular flexibility index (Phi) is 8.20. The molecule has 2 rings (SSSR count). The second kappa shape index (κ2) is 10.4. The van der Waals surface area contributed by atoms with Crippen molar-refractivity contribution in [2.45, 2.75) is 32.1 Å². The molecule has 0 heterocycles. The van der Waals surface area contributed by atoms with Crippen molar-refractivity contribution in [2.24, 2.45) is 0 Å². The van der Waals surface area contributed by atoms with Crippen LogP contribution in [0.15, 0.2) is 54.6 Å². The topological polar surface area (TPSA) is 66.5 Å². The summed E-state index contributed by atoms with van der Waals surface area (Å²) in [6.45, 7) is 6.60. The maximum Gasteiger partial charge on any atom is 0.251 e. The van der Waals surface area contributed by atoms with Gasteiger partial charge in [-0.1, -0.05) is 56.3 Å². The molecule has 152 valence electrons. The third kappa shape index (κ3) is 7.09. The molecule has 0 saturated heterocycles. The Morgan fingerprint density at radius 3 is 2.25 bits per heavy atom. The molecule has 1 amide bonds. The molecule has 1 atom stereocenters. The highest BCUT2D eigenvalue weighted by Crippen LogP contribution is 2.11. The summed E-state index contributed by atoms with van der Waals surface area (Å²) in [7, 11) is -3.14. The SMILES string of the molecule is CCN(CC)[C@@H](CNC(=O)c1cccc(CS(C)(=O)=O)c1)Cc1ccccc1. The standard InChI is InChI=1S/C22H30N2O3S/c1-4-24(5-2)21(15-18-10-7-6-8-11-18)16-23-22(25)20-13-9-12-19(14-20)17-28(3,26)27/h6-14,21H,4-5,15-17H2,1-3H3,(H,23,25)/t21-/m1/s1. The first kappa shape index (κ1) is 22.1. The number of nitrogens with zero attached hydrogens (tertiary/aromatic N) is 1. The van der Waals surface area contributed by atoms with Gasteiger partial charge in [0, 0.05) is 24.4 Å². The summed E-state index contributed by atoms with van der Waals surface area (Å²) in [5.41, 5.74) is 2.35. The van der Waals surface area contributed by atoms with Gasteiger partial charge in [0.1, 0.15) is 0 Å². The Morgan fingerprint density at radius 2 is 1.64 bits per heavy atom. The van der Waals surface area contributed by atoms with Gasteiger partial charge in [-0.25, -0.2) is 8.42 Å². The molecule has 0 saturated carbocycles. The normalized spacial score (nSPS) is 12.7. The van der Waals surface area contributed by atoms with Crippen LogP contribution in [0.4, 0.5) is 0 Å². The van der Waals surface area contributed by atoms with Crippen LogP contribution in [0.2, 0.25) is 0 Å². The number of hydrogen-bond acceptors (Lipinski definition) is 4. The number of hydrogen-bond donors (Lipinski definition) is 1. The van der Waals surface area contributed by atoms with Crippen molar-refractivity contribution >= 4 is 15.7 Å². The van der Waals surface area contributed by atoms with Crippen molar-refractivity contribution in [3.8, 4) is 0 Å². The smallest absolute Gasteiger partial charge is 0.251 e. The van der Waals surface area contributed by atoms with E-state index in [9.17, 15) is 13.2 Å². The highest BCUT2D eigenvalue weighted by atomic mass is 32.2. The lowest BCUT2D eigenvalue weighted by Gasteiger charge is -2.30. The van der Waals surface area contributed by atoms with Gasteiger partial charge in [-0.05, 0) is 42.8 Å². The predicted octanol–water partition coefficient (Wildman–Crippen LogP) is 2.91. The number of rotatable bonds is 10. The van der Waals surface area contributed by atoms with Gasteiger partial charge in [-0.3, -0.25) is 9.69 Å². The Balaban J connectivity index is 2.07. The molecule has 0 spiro atoms. The Labute approximate surface area is 168 Å². The predicted molar refractivity (Wildman–Crippen MR) is 114 cm³/mol. The third-order valence-electron chi connectivity index (χ3n) is 4.76. The zero-order chi connectivity index (χ0) is 20.6. The summed E-state index contributed by atoms with van der Waals surface area (Å²) in [6.07, 6.45) is 2.05. The van der Waals surface area contributed by atoms with Crippen LogP contribution in [0.25, 0.3) is 0 Å². The lowest BCUT2D eigenvalue weighted by Crippen LogP contribution is -2.45. The van der Waals surface area contributed by atoms with E-state index in [0.29, 0.717) is 17.7 Å². The second-order valence-electron chi connectivity index (χ2n) is 7.05. The van der Waals surface area contributed by atoms with E-state index in [1.807, 2.05) is 18.2 Å². The Bertz CT molecular complexity index is 862. The maximum absolute atomic E-state index is 12.6. The van der Waals surface area contributed by atoms with Crippen molar-refractivity contribution in [3.63, 3.8) is 0 Å². The minimum atomic E-state index is -3.14. The summed E-state index contributed by atoms with van der Waals surface area (Å²) >= 11 is 0. The molecule has 0 unspecified atom stereocenters. The molecule has 2 aromatic rings. The average molecular weight is 403 g/mol. The summed E-state index contributed by atoms with van der Waals surface area (Å²) < 4.78 is 23.0. The molecule has 5 nitrogen and oxygen atoms in total. The fourth-order valence-corrected chi connectivity index (χ4v) is 4.16. The molecule has 2 aromatic carbocycles. The van der Waals surface area contributed by atoms with Crippen LogP contribution < -0.4 is 5.32 Å². The Morgan fingerprint density at radius 1 is 1.00 bits per heavy atom. The lowest BCUT2D eigenvalue weighted by molar-refractivity contribution is 0.0934. The minimum absolute atomic E-state index is 0.0653. The first-order chi connectivity index (χ1) is 13.3. The molecule has 6 heteroatoms.